The second-order valence-electron chi connectivity index (χ2n) is 19.8. The van der Waals surface area contributed by atoms with Crippen molar-refractivity contribution >= 4 is 98.8 Å². The average Bonchev–Trinajstić information content (AvgIpc) is 3.63. The molecule has 0 aromatic heterocycles. The summed E-state index contributed by atoms with van der Waals surface area (Å²) in [4.78, 5) is 10.9. The SMILES string of the molecule is C=C/C=C(\C=C)c1cccc(-c2cc(-c3cccc(-c4ccccc4)c3)c3c4c2Sc2ccccc2B4c2ccccc2S3)c1.CC.c1ccc(-c2cc(-c3ccccc3)c3c4c2Sc2ccccc2B4c2ccccc2S3)cc1. The van der Waals surface area contributed by atoms with E-state index in [2.05, 4.69) is 262 Å². The van der Waals surface area contributed by atoms with Crippen molar-refractivity contribution in [3.8, 4) is 55.6 Å². The molecule has 80 heavy (non-hydrogen) atoms. The summed E-state index contributed by atoms with van der Waals surface area (Å²) in [6, 6.07) is 91.1. The van der Waals surface area contributed by atoms with Crippen molar-refractivity contribution in [2.75, 3.05) is 0 Å². The first-order valence-electron chi connectivity index (χ1n) is 27.4. The van der Waals surface area contributed by atoms with Crippen LogP contribution in [-0.4, -0.2) is 13.4 Å². The quantitative estimate of drug-likeness (QED) is 0.110. The van der Waals surface area contributed by atoms with Crippen molar-refractivity contribution in [3.63, 3.8) is 0 Å². The fourth-order valence-electron chi connectivity index (χ4n) is 11.8. The minimum Gasteiger partial charge on any atom is -0.0990 e. The highest BCUT2D eigenvalue weighted by Gasteiger charge is 2.42. The Bertz CT molecular complexity index is 4080. The predicted octanol–water partition coefficient (Wildman–Crippen LogP) is 17.4. The Morgan fingerprint density at radius 3 is 1.05 bits per heavy atom. The van der Waals surface area contributed by atoms with Gasteiger partial charge < -0.3 is 0 Å². The molecule has 0 N–H and O–H groups in total. The van der Waals surface area contributed by atoms with Gasteiger partial charge in [-0.05, 0) is 126 Å². The van der Waals surface area contributed by atoms with Crippen LogP contribution in [0.15, 0.2) is 319 Å². The third-order valence-electron chi connectivity index (χ3n) is 15.4. The summed E-state index contributed by atoms with van der Waals surface area (Å²) in [5.74, 6) is 0. The number of rotatable bonds is 8. The van der Waals surface area contributed by atoms with Gasteiger partial charge in [0.15, 0.2) is 0 Å². The van der Waals surface area contributed by atoms with E-state index in [1.807, 2.05) is 79.1 Å². The Labute approximate surface area is 489 Å². The molecule has 4 heterocycles. The first-order valence-corrected chi connectivity index (χ1v) is 30.7. The lowest BCUT2D eigenvalue weighted by atomic mass is 9.36. The zero-order valence-electron chi connectivity index (χ0n) is 44.6. The van der Waals surface area contributed by atoms with Crippen LogP contribution in [0.1, 0.15) is 19.4 Å². The Balaban J connectivity index is 0.000000153. The molecule has 0 atom stereocenters. The lowest BCUT2D eigenvalue weighted by molar-refractivity contribution is 1.33. The van der Waals surface area contributed by atoms with Gasteiger partial charge in [-0.25, -0.2) is 0 Å². The first-order chi connectivity index (χ1) is 39.6. The van der Waals surface area contributed by atoms with E-state index in [4.69, 9.17) is 0 Å². The fourth-order valence-corrected chi connectivity index (χ4v) is 17.1. The smallest absolute Gasteiger partial charge is 0.0990 e. The average molecular weight is 1090 g/mol. The van der Waals surface area contributed by atoms with E-state index in [0.717, 1.165) is 11.1 Å². The second kappa shape index (κ2) is 22.7. The molecule has 0 saturated heterocycles. The maximum absolute atomic E-state index is 4.08. The van der Waals surface area contributed by atoms with Crippen molar-refractivity contribution in [2.45, 2.75) is 53.0 Å². The van der Waals surface area contributed by atoms with Crippen molar-refractivity contribution in [1.29, 1.82) is 0 Å². The van der Waals surface area contributed by atoms with Crippen LogP contribution in [0.25, 0.3) is 61.2 Å². The monoisotopic (exact) mass is 1090 g/mol. The predicted molar refractivity (Wildman–Crippen MR) is 351 cm³/mol. The number of hydrogen-bond acceptors (Lipinski definition) is 4. The van der Waals surface area contributed by atoms with E-state index in [1.165, 1.54) is 128 Å². The molecule has 11 aromatic rings. The van der Waals surface area contributed by atoms with Gasteiger partial charge in [0, 0.05) is 39.2 Å². The number of allylic oxidation sites excluding steroid dienone is 4. The minimum absolute atomic E-state index is 0.175. The Morgan fingerprint density at radius 2 is 0.650 bits per heavy atom. The maximum Gasteiger partial charge on any atom is 0.247 e. The summed E-state index contributed by atoms with van der Waals surface area (Å²) in [5, 5.41) is 0. The second-order valence-corrected chi connectivity index (χ2v) is 24.0. The van der Waals surface area contributed by atoms with Crippen LogP contribution < -0.4 is 32.8 Å². The molecule has 0 fully saturated rings. The Kier molecular flexibility index (Phi) is 14.7. The van der Waals surface area contributed by atoms with Gasteiger partial charge in [-0.3, -0.25) is 0 Å². The highest BCUT2D eigenvalue weighted by molar-refractivity contribution is 8.02. The molecule has 0 aliphatic carbocycles. The van der Waals surface area contributed by atoms with E-state index in [0.29, 0.717) is 0 Å². The van der Waals surface area contributed by atoms with Gasteiger partial charge in [0.2, 0.25) is 13.4 Å². The van der Waals surface area contributed by atoms with E-state index < -0.39 is 0 Å². The van der Waals surface area contributed by atoms with Crippen LogP contribution in [0.2, 0.25) is 0 Å². The highest BCUT2D eigenvalue weighted by Crippen LogP contribution is 2.49. The summed E-state index contributed by atoms with van der Waals surface area (Å²) in [6.07, 6.45) is 5.77. The summed E-state index contributed by atoms with van der Waals surface area (Å²) >= 11 is 7.71. The molecule has 0 spiro atoms. The normalized spacial score (nSPS) is 12.8. The standard InChI is InChI=1S/C42H29BS2.C30H19BS2.C2H6/c1-3-14-28(4-2)30-17-12-19-32(25-30)34-27-35(33-20-13-18-31(26-33)29-15-6-5-7-16-29)42-40-41(34)44-38-23-10-8-21-36(38)43(40)37-22-9-11-24-39(37)45-42;1-3-11-20(12-4-1)22-19-23(21-13-5-2-6-14-21)30-28-29(22)32-26-17-9-7-15-24(26)31(28)25-16-8-10-18-27(25)33-30;1-2/h3-27H,1-2H2;1-19H;1-2H3/b28-14+;;. The van der Waals surface area contributed by atoms with Crippen molar-refractivity contribution in [1.82, 2.24) is 0 Å². The molecule has 0 amide bonds. The zero-order valence-corrected chi connectivity index (χ0v) is 47.9. The van der Waals surface area contributed by atoms with Crippen LogP contribution in [0, 0.1) is 0 Å². The van der Waals surface area contributed by atoms with Gasteiger partial charge in [0.1, 0.15) is 0 Å². The summed E-state index contributed by atoms with van der Waals surface area (Å²) in [7, 11) is 0. The minimum atomic E-state index is 0.175. The molecule has 0 nitrogen and oxygen atoms in total. The molecule has 0 unspecified atom stereocenters. The zero-order chi connectivity index (χ0) is 54.1. The van der Waals surface area contributed by atoms with Crippen LogP contribution in [0.4, 0.5) is 0 Å². The lowest BCUT2D eigenvalue weighted by Crippen LogP contribution is -2.58. The van der Waals surface area contributed by atoms with Crippen LogP contribution in [0.5, 0.6) is 0 Å². The fraction of sp³-hybridized carbons (Fsp3) is 0.0270. The van der Waals surface area contributed by atoms with Gasteiger partial charge in [-0.1, -0.05) is 314 Å². The molecule has 0 bridgehead atoms. The molecule has 0 radical (unpaired) electrons. The van der Waals surface area contributed by atoms with E-state index in [1.54, 1.807) is 0 Å². The first kappa shape index (κ1) is 51.6. The summed E-state index contributed by atoms with van der Waals surface area (Å²) in [5.41, 5.74) is 23.4. The lowest BCUT2D eigenvalue weighted by Gasteiger charge is -2.35. The Morgan fingerprint density at radius 1 is 0.325 bits per heavy atom. The molecule has 380 valence electrons. The summed E-state index contributed by atoms with van der Waals surface area (Å²) in [6.45, 7) is 12.4. The van der Waals surface area contributed by atoms with E-state index in [-0.39, 0.29) is 13.4 Å². The van der Waals surface area contributed by atoms with Crippen molar-refractivity contribution in [3.05, 3.63) is 286 Å². The van der Waals surface area contributed by atoms with Gasteiger partial charge in [-0.2, -0.15) is 0 Å². The number of hydrogen-bond donors (Lipinski definition) is 0. The molecular weight excluding hydrogens is 1040 g/mol. The van der Waals surface area contributed by atoms with E-state index in [9.17, 15) is 0 Å². The highest BCUT2D eigenvalue weighted by atomic mass is 32.2. The van der Waals surface area contributed by atoms with Crippen molar-refractivity contribution < 1.29 is 0 Å². The molecule has 4 aliphatic heterocycles. The van der Waals surface area contributed by atoms with Crippen LogP contribution >= 0.6 is 47.0 Å². The van der Waals surface area contributed by atoms with Gasteiger partial charge in [0.05, 0.1) is 0 Å². The summed E-state index contributed by atoms with van der Waals surface area (Å²) < 4.78 is 0. The molecule has 4 aliphatic rings. The molecule has 0 saturated carbocycles. The molecule has 15 rings (SSSR count). The van der Waals surface area contributed by atoms with Crippen molar-refractivity contribution in [2.24, 2.45) is 0 Å². The third-order valence-corrected chi connectivity index (χ3v) is 20.3. The molecule has 11 aromatic carbocycles. The number of fused-ring (bicyclic) bond motifs is 8. The number of benzene rings is 11. The van der Waals surface area contributed by atoms with Gasteiger partial charge in [-0.15, -0.1) is 0 Å². The van der Waals surface area contributed by atoms with Crippen LogP contribution in [0.3, 0.4) is 0 Å². The van der Waals surface area contributed by atoms with Gasteiger partial charge in [0.25, 0.3) is 0 Å². The molecular formula is C74H54B2S4. The van der Waals surface area contributed by atoms with Gasteiger partial charge >= 0.3 is 0 Å². The maximum atomic E-state index is 4.08. The Hall–Kier alpha value is -7.83. The topological polar surface area (TPSA) is 0 Å². The largest absolute Gasteiger partial charge is 0.247 e. The molecule has 6 heteroatoms. The third kappa shape index (κ3) is 9.38. The van der Waals surface area contributed by atoms with E-state index >= 15 is 0 Å². The van der Waals surface area contributed by atoms with Crippen LogP contribution in [-0.2, 0) is 0 Å².